The number of benzene rings is 1. The molecule has 0 aliphatic rings. The van der Waals surface area contributed by atoms with Gasteiger partial charge in [0.25, 0.3) is 0 Å². The Morgan fingerprint density at radius 3 is 2.80 bits per heavy atom. The molecule has 1 aromatic carbocycles. The third kappa shape index (κ3) is 2.22. The van der Waals surface area contributed by atoms with Crippen LogP contribution in [0.4, 0.5) is 0 Å². The highest BCUT2D eigenvalue weighted by Crippen LogP contribution is 2.25. The molecule has 3 rings (SSSR count). The Balaban J connectivity index is 2.01. The number of hydrogen-bond donors (Lipinski definition) is 0. The number of aromatic nitrogens is 3. The molecule has 0 aliphatic heterocycles. The molecule has 0 unspecified atom stereocenters. The monoisotopic (exact) mass is 287 g/mol. The molecular formula is C16H18ClN3. The lowest BCUT2D eigenvalue weighted by Gasteiger charge is -2.07. The van der Waals surface area contributed by atoms with Crippen LogP contribution in [0.2, 0.25) is 5.02 Å². The second kappa shape index (κ2) is 5.33. The molecule has 0 aliphatic carbocycles. The summed E-state index contributed by atoms with van der Waals surface area (Å²) in [6.45, 7) is 5.98. The second-order valence-electron chi connectivity index (χ2n) is 4.91. The van der Waals surface area contributed by atoms with Crippen LogP contribution in [-0.4, -0.2) is 14.3 Å². The third-order valence-corrected chi connectivity index (χ3v) is 4.00. The minimum Gasteiger partial charge on any atom is -0.341 e. The van der Waals surface area contributed by atoms with E-state index >= 15 is 0 Å². The maximum absolute atomic E-state index is 6.23. The van der Waals surface area contributed by atoms with Crippen molar-refractivity contribution < 1.29 is 0 Å². The number of rotatable bonds is 4. The Morgan fingerprint density at radius 2 is 2.05 bits per heavy atom. The van der Waals surface area contributed by atoms with Crippen molar-refractivity contribution in [3.63, 3.8) is 0 Å². The smallest absolute Gasteiger partial charge is 0.0645 e. The van der Waals surface area contributed by atoms with E-state index in [4.69, 9.17) is 11.6 Å². The van der Waals surface area contributed by atoms with Gasteiger partial charge in [0.2, 0.25) is 0 Å². The average Bonchev–Trinajstić information content (AvgIpc) is 3.04. The molecule has 4 heteroatoms. The zero-order valence-electron chi connectivity index (χ0n) is 11.8. The van der Waals surface area contributed by atoms with E-state index in [1.54, 1.807) is 0 Å². The maximum Gasteiger partial charge on any atom is 0.0645 e. The molecule has 0 amide bonds. The van der Waals surface area contributed by atoms with Crippen LogP contribution in [0.25, 0.3) is 10.9 Å². The maximum atomic E-state index is 6.23. The normalized spacial score (nSPS) is 11.3. The van der Waals surface area contributed by atoms with Crippen molar-refractivity contribution in [2.24, 2.45) is 0 Å². The highest BCUT2D eigenvalue weighted by Gasteiger charge is 2.09. The van der Waals surface area contributed by atoms with Crippen molar-refractivity contribution in [3.05, 3.63) is 52.9 Å². The van der Waals surface area contributed by atoms with E-state index in [0.29, 0.717) is 0 Å². The fourth-order valence-electron chi connectivity index (χ4n) is 2.59. The number of halogens is 1. The Kier molecular flexibility index (Phi) is 3.53. The van der Waals surface area contributed by atoms with Crippen molar-refractivity contribution in [2.45, 2.75) is 33.4 Å². The van der Waals surface area contributed by atoms with Crippen LogP contribution >= 0.6 is 11.6 Å². The lowest BCUT2D eigenvalue weighted by atomic mass is 10.2. The second-order valence-corrected chi connectivity index (χ2v) is 5.32. The minimum atomic E-state index is 0.805. The molecule has 0 atom stereocenters. The van der Waals surface area contributed by atoms with Crippen LogP contribution in [0.5, 0.6) is 0 Å². The zero-order valence-corrected chi connectivity index (χ0v) is 12.6. The van der Waals surface area contributed by atoms with Crippen LogP contribution in [0.3, 0.4) is 0 Å². The molecule has 2 aromatic heterocycles. The average molecular weight is 288 g/mol. The molecule has 3 aromatic rings. The lowest BCUT2D eigenvalue weighted by Crippen LogP contribution is -2.07. The number of aryl methyl sites for hydroxylation is 2. The van der Waals surface area contributed by atoms with Crippen molar-refractivity contribution in [1.29, 1.82) is 0 Å². The molecule has 0 spiro atoms. The molecule has 20 heavy (non-hydrogen) atoms. The van der Waals surface area contributed by atoms with Gasteiger partial charge in [0, 0.05) is 28.7 Å². The van der Waals surface area contributed by atoms with Crippen LogP contribution in [0.15, 0.2) is 36.5 Å². The van der Waals surface area contributed by atoms with E-state index in [1.807, 2.05) is 12.1 Å². The first-order valence-corrected chi connectivity index (χ1v) is 7.39. The van der Waals surface area contributed by atoms with Crippen LogP contribution < -0.4 is 0 Å². The SMILES string of the molecule is CCc1cc(Cn2ccc3c(Cl)cccc32)n(CC)n1. The van der Waals surface area contributed by atoms with Gasteiger partial charge in [0.15, 0.2) is 0 Å². The highest BCUT2D eigenvalue weighted by molar-refractivity contribution is 6.35. The Morgan fingerprint density at radius 1 is 1.20 bits per heavy atom. The van der Waals surface area contributed by atoms with Gasteiger partial charge in [-0.2, -0.15) is 5.10 Å². The summed E-state index contributed by atoms with van der Waals surface area (Å²) in [5.74, 6) is 0. The largest absolute Gasteiger partial charge is 0.341 e. The first-order chi connectivity index (χ1) is 9.72. The Labute approximate surface area is 123 Å². The van der Waals surface area contributed by atoms with E-state index in [2.05, 4.69) is 52.6 Å². The van der Waals surface area contributed by atoms with Gasteiger partial charge in [-0.05, 0) is 37.6 Å². The van der Waals surface area contributed by atoms with Gasteiger partial charge in [-0.25, -0.2) is 0 Å². The van der Waals surface area contributed by atoms with E-state index in [1.165, 1.54) is 11.2 Å². The summed E-state index contributed by atoms with van der Waals surface area (Å²) in [7, 11) is 0. The standard InChI is InChI=1S/C16H18ClN3/c1-3-12-10-13(20(4-2)18-12)11-19-9-8-14-15(17)6-5-7-16(14)19/h5-10H,3-4,11H2,1-2H3. The van der Waals surface area contributed by atoms with Gasteiger partial charge in [0.05, 0.1) is 17.9 Å². The van der Waals surface area contributed by atoms with Gasteiger partial charge in [0.1, 0.15) is 0 Å². The predicted molar refractivity (Wildman–Crippen MR) is 83.3 cm³/mol. The summed E-state index contributed by atoms with van der Waals surface area (Å²) in [5, 5.41) is 6.51. The molecule has 0 radical (unpaired) electrons. The van der Waals surface area contributed by atoms with Crippen LogP contribution in [-0.2, 0) is 19.5 Å². The van der Waals surface area contributed by atoms with E-state index in [0.717, 1.165) is 35.6 Å². The number of fused-ring (bicyclic) bond motifs is 1. The van der Waals surface area contributed by atoms with Crippen molar-refractivity contribution in [3.8, 4) is 0 Å². The Hall–Kier alpha value is -1.74. The summed E-state index contributed by atoms with van der Waals surface area (Å²) < 4.78 is 4.30. The zero-order chi connectivity index (χ0) is 14.1. The molecule has 0 bridgehead atoms. The summed E-state index contributed by atoms with van der Waals surface area (Å²) in [6, 6.07) is 10.3. The number of nitrogens with zero attached hydrogens (tertiary/aromatic N) is 3. The first-order valence-electron chi connectivity index (χ1n) is 7.02. The van der Waals surface area contributed by atoms with Crippen molar-refractivity contribution in [2.75, 3.05) is 0 Å². The van der Waals surface area contributed by atoms with Gasteiger partial charge in [-0.15, -0.1) is 0 Å². The summed E-state index contributed by atoms with van der Waals surface area (Å²) >= 11 is 6.23. The predicted octanol–water partition coefficient (Wildman–Crippen LogP) is 4.12. The molecule has 0 saturated heterocycles. The van der Waals surface area contributed by atoms with Crippen molar-refractivity contribution >= 4 is 22.5 Å². The van der Waals surface area contributed by atoms with Gasteiger partial charge < -0.3 is 4.57 Å². The van der Waals surface area contributed by atoms with E-state index in [-0.39, 0.29) is 0 Å². The highest BCUT2D eigenvalue weighted by atomic mass is 35.5. The molecule has 2 heterocycles. The summed E-state index contributed by atoms with van der Waals surface area (Å²) in [6.07, 6.45) is 3.06. The summed E-state index contributed by atoms with van der Waals surface area (Å²) in [4.78, 5) is 0. The van der Waals surface area contributed by atoms with E-state index < -0.39 is 0 Å². The minimum absolute atomic E-state index is 0.805. The fourth-order valence-corrected chi connectivity index (χ4v) is 2.82. The Bertz CT molecular complexity index is 739. The van der Waals surface area contributed by atoms with Crippen LogP contribution in [0.1, 0.15) is 25.2 Å². The molecular weight excluding hydrogens is 270 g/mol. The van der Waals surface area contributed by atoms with Crippen LogP contribution in [0, 0.1) is 0 Å². The molecule has 0 saturated carbocycles. The van der Waals surface area contributed by atoms with Crippen molar-refractivity contribution in [1.82, 2.24) is 14.3 Å². The quantitative estimate of drug-likeness (QED) is 0.708. The topological polar surface area (TPSA) is 22.8 Å². The molecule has 0 N–H and O–H groups in total. The first kappa shape index (κ1) is 13.3. The van der Waals surface area contributed by atoms with Gasteiger partial charge >= 0.3 is 0 Å². The molecule has 3 nitrogen and oxygen atoms in total. The van der Waals surface area contributed by atoms with E-state index in [9.17, 15) is 0 Å². The summed E-state index contributed by atoms with van der Waals surface area (Å²) in [5.41, 5.74) is 3.55. The van der Waals surface area contributed by atoms with Gasteiger partial charge in [-0.1, -0.05) is 24.6 Å². The fraction of sp³-hybridized carbons (Fsp3) is 0.312. The number of hydrogen-bond acceptors (Lipinski definition) is 1. The molecule has 0 fully saturated rings. The third-order valence-electron chi connectivity index (χ3n) is 3.67. The molecule has 104 valence electrons. The lowest BCUT2D eigenvalue weighted by molar-refractivity contribution is 0.599. The van der Waals surface area contributed by atoms with Gasteiger partial charge in [-0.3, -0.25) is 4.68 Å².